The number of rotatable bonds is 3. The van der Waals surface area contributed by atoms with Crippen molar-refractivity contribution < 1.29 is 13.8 Å². The number of nitrogens with zero attached hydrogens (tertiary/aromatic N) is 2. The molecule has 4 rings (SSSR count). The Bertz CT molecular complexity index is 1200. The van der Waals surface area contributed by atoms with Crippen LogP contribution in [0.3, 0.4) is 0 Å². The van der Waals surface area contributed by atoms with Crippen LogP contribution in [-0.4, -0.2) is 21.2 Å². The van der Waals surface area contributed by atoms with Crippen LogP contribution in [0.15, 0.2) is 54.7 Å². The van der Waals surface area contributed by atoms with E-state index >= 15 is 0 Å². The second-order valence-electron chi connectivity index (χ2n) is 5.26. The standard InChI is InChI=1S/C16H8BrClN4O4/c17-7-1-4-12-10(5-7)13(21-25-12)15(23)19-11-3-2-8(18)6-9(11)14-20-16(24)26-22-14/h1-6H,(H,19,23)(H,20,22,24). The summed E-state index contributed by atoms with van der Waals surface area (Å²) in [5, 5.41) is 11.1. The van der Waals surface area contributed by atoms with Crippen molar-refractivity contribution in [3.8, 4) is 11.4 Å². The van der Waals surface area contributed by atoms with Gasteiger partial charge in [0.2, 0.25) is 0 Å². The molecule has 0 aliphatic rings. The lowest BCUT2D eigenvalue weighted by atomic mass is 10.1. The van der Waals surface area contributed by atoms with Crippen LogP contribution in [0, 0.1) is 0 Å². The van der Waals surface area contributed by atoms with Gasteiger partial charge in [-0.2, -0.15) is 0 Å². The fourth-order valence-electron chi connectivity index (χ4n) is 2.42. The zero-order chi connectivity index (χ0) is 18.3. The summed E-state index contributed by atoms with van der Waals surface area (Å²) in [6.07, 6.45) is 0. The second kappa shape index (κ2) is 6.43. The van der Waals surface area contributed by atoms with Gasteiger partial charge >= 0.3 is 5.76 Å². The highest BCUT2D eigenvalue weighted by Gasteiger charge is 2.19. The van der Waals surface area contributed by atoms with E-state index in [0.29, 0.717) is 27.2 Å². The van der Waals surface area contributed by atoms with Crippen molar-refractivity contribution in [3.63, 3.8) is 0 Å². The molecule has 4 aromatic rings. The zero-order valence-corrected chi connectivity index (χ0v) is 15.1. The Morgan fingerprint density at radius 3 is 2.77 bits per heavy atom. The lowest BCUT2D eigenvalue weighted by Crippen LogP contribution is -2.13. The minimum atomic E-state index is -0.718. The van der Waals surface area contributed by atoms with Gasteiger partial charge in [0, 0.05) is 15.1 Å². The molecular weight excluding hydrogens is 428 g/mol. The van der Waals surface area contributed by atoms with Crippen LogP contribution >= 0.6 is 27.5 Å². The summed E-state index contributed by atoms with van der Waals surface area (Å²) in [7, 11) is 0. The summed E-state index contributed by atoms with van der Waals surface area (Å²) < 4.78 is 10.5. The highest BCUT2D eigenvalue weighted by atomic mass is 79.9. The molecule has 10 heteroatoms. The van der Waals surface area contributed by atoms with Gasteiger partial charge < -0.3 is 9.84 Å². The molecule has 2 aromatic carbocycles. The quantitative estimate of drug-likeness (QED) is 0.505. The molecule has 2 N–H and O–H groups in total. The van der Waals surface area contributed by atoms with Crippen LogP contribution < -0.4 is 11.1 Å². The molecule has 0 atom stereocenters. The number of halogens is 2. The van der Waals surface area contributed by atoms with Gasteiger partial charge in [-0.1, -0.05) is 37.8 Å². The smallest absolute Gasteiger partial charge is 0.355 e. The molecule has 8 nitrogen and oxygen atoms in total. The summed E-state index contributed by atoms with van der Waals surface area (Å²) in [6.45, 7) is 0. The van der Waals surface area contributed by atoms with Gasteiger partial charge in [0.15, 0.2) is 17.1 Å². The maximum absolute atomic E-state index is 12.7. The number of benzene rings is 2. The van der Waals surface area contributed by atoms with Crippen molar-refractivity contribution in [2.75, 3.05) is 5.32 Å². The third-order valence-electron chi connectivity index (χ3n) is 3.57. The molecule has 0 saturated carbocycles. The average Bonchev–Trinajstić information content (AvgIpc) is 3.22. The summed E-state index contributed by atoms with van der Waals surface area (Å²) in [5.41, 5.74) is 1.37. The summed E-state index contributed by atoms with van der Waals surface area (Å²) in [5.74, 6) is -1.07. The van der Waals surface area contributed by atoms with Crippen LogP contribution in [0.4, 0.5) is 5.69 Å². The van der Waals surface area contributed by atoms with Crippen molar-refractivity contribution >= 4 is 50.1 Å². The lowest BCUT2D eigenvalue weighted by molar-refractivity contribution is 0.102. The molecule has 0 fully saturated rings. The number of aromatic nitrogens is 3. The van der Waals surface area contributed by atoms with Gasteiger partial charge in [0.25, 0.3) is 5.91 Å². The van der Waals surface area contributed by atoms with E-state index in [4.69, 9.17) is 16.1 Å². The number of nitrogens with one attached hydrogen (secondary N) is 2. The second-order valence-corrected chi connectivity index (χ2v) is 6.61. The first kappa shape index (κ1) is 16.6. The normalized spacial score (nSPS) is 11.0. The van der Waals surface area contributed by atoms with E-state index in [2.05, 4.69) is 41.1 Å². The monoisotopic (exact) mass is 434 g/mol. The fourth-order valence-corrected chi connectivity index (χ4v) is 2.96. The summed E-state index contributed by atoms with van der Waals surface area (Å²) >= 11 is 9.36. The third kappa shape index (κ3) is 3.02. The Morgan fingerprint density at radius 1 is 1.15 bits per heavy atom. The van der Waals surface area contributed by atoms with Gasteiger partial charge in [-0.25, -0.2) is 4.79 Å². The van der Waals surface area contributed by atoms with E-state index in [1.807, 2.05) is 0 Å². The molecule has 0 radical (unpaired) electrons. The van der Waals surface area contributed by atoms with Crippen molar-refractivity contribution in [3.05, 3.63) is 62.1 Å². The number of carbonyl (C=O) groups excluding carboxylic acids is 1. The maximum atomic E-state index is 12.7. The minimum absolute atomic E-state index is 0.121. The van der Waals surface area contributed by atoms with Crippen LogP contribution in [0.1, 0.15) is 10.5 Å². The molecule has 0 unspecified atom stereocenters. The molecule has 2 aromatic heterocycles. The van der Waals surface area contributed by atoms with E-state index < -0.39 is 11.7 Å². The number of H-pyrrole nitrogens is 1. The van der Waals surface area contributed by atoms with Crippen LogP contribution in [0.5, 0.6) is 0 Å². The van der Waals surface area contributed by atoms with Gasteiger partial charge in [0.1, 0.15) is 0 Å². The molecule has 2 heterocycles. The molecule has 0 aliphatic carbocycles. The van der Waals surface area contributed by atoms with E-state index in [1.54, 1.807) is 36.4 Å². The Morgan fingerprint density at radius 2 is 2.00 bits per heavy atom. The first-order valence-corrected chi connectivity index (χ1v) is 8.40. The van der Waals surface area contributed by atoms with Crippen molar-refractivity contribution in [2.45, 2.75) is 0 Å². The average molecular weight is 436 g/mol. The molecule has 0 spiro atoms. The number of aromatic amines is 1. The first-order chi connectivity index (χ1) is 12.5. The molecule has 1 amide bonds. The first-order valence-electron chi connectivity index (χ1n) is 7.23. The topological polar surface area (TPSA) is 114 Å². The van der Waals surface area contributed by atoms with Crippen molar-refractivity contribution in [1.29, 1.82) is 0 Å². The maximum Gasteiger partial charge on any atom is 0.439 e. The number of amides is 1. The zero-order valence-electron chi connectivity index (χ0n) is 12.7. The predicted octanol–water partition coefficient (Wildman–Crippen LogP) is 3.84. The van der Waals surface area contributed by atoms with E-state index in [-0.39, 0.29) is 11.5 Å². The third-order valence-corrected chi connectivity index (χ3v) is 4.30. The van der Waals surface area contributed by atoms with E-state index in [9.17, 15) is 9.59 Å². The number of anilines is 1. The van der Waals surface area contributed by atoms with Crippen LogP contribution in [-0.2, 0) is 0 Å². The Kier molecular flexibility index (Phi) is 4.09. The van der Waals surface area contributed by atoms with Crippen molar-refractivity contribution in [2.24, 2.45) is 0 Å². The number of hydrogen-bond donors (Lipinski definition) is 2. The molecule has 26 heavy (non-hydrogen) atoms. The summed E-state index contributed by atoms with van der Waals surface area (Å²) in [6, 6.07) is 9.95. The minimum Gasteiger partial charge on any atom is -0.355 e. The van der Waals surface area contributed by atoms with Crippen LogP contribution in [0.25, 0.3) is 22.4 Å². The number of hydrogen-bond acceptors (Lipinski definition) is 6. The fraction of sp³-hybridized carbons (Fsp3) is 0. The lowest BCUT2D eigenvalue weighted by Gasteiger charge is -2.08. The van der Waals surface area contributed by atoms with Crippen LogP contribution in [0.2, 0.25) is 5.02 Å². The van der Waals surface area contributed by atoms with Gasteiger partial charge in [-0.05, 0) is 36.4 Å². The highest BCUT2D eigenvalue weighted by molar-refractivity contribution is 9.10. The Hall–Kier alpha value is -2.91. The predicted molar refractivity (Wildman–Crippen MR) is 97.2 cm³/mol. The van der Waals surface area contributed by atoms with Gasteiger partial charge in [0.05, 0.1) is 11.1 Å². The SMILES string of the molecule is O=C(Nc1ccc(Cl)cc1-c1noc(=O)[nH]1)c1noc2ccc(Br)cc12. The number of fused-ring (bicyclic) bond motifs is 1. The van der Waals surface area contributed by atoms with Crippen molar-refractivity contribution in [1.82, 2.24) is 15.3 Å². The Labute approximate surface area is 158 Å². The van der Waals surface area contributed by atoms with Gasteiger partial charge in [-0.3, -0.25) is 14.3 Å². The molecule has 130 valence electrons. The van der Waals surface area contributed by atoms with E-state index in [1.165, 1.54) is 0 Å². The molecule has 0 bridgehead atoms. The van der Waals surface area contributed by atoms with E-state index in [0.717, 1.165) is 4.47 Å². The molecule has 0 saturated heterocycles. The van der Waals surface area contributed by atoms with Gasteiger partial charge in [-0.15, -0.1) is 0 Å². The largest absolute Gasteiger partial charge is 0.439 e. The highest BCUT2D eigenvalue weighted by Crippen LogP contribution is 2.29. The molecular formula is C16H8BrClN4O4. The summed E-state index contributed by atoms with van der Waals surface area (Å²) in [4.78, 5) is 26.3. The molecule has 0 aliphatic heterocycles. The Balaban J connectivity index is 1.74. The number of carbonyl (C=O) groups is 1.